The first kappa shape index (κ1) is 15.1. The Morgan fingerprint density at radius 2 is 1.78 bits per heavy atom. The standard InChI is InChI=1S/C8H12F3NO6/c9-8(10,11)7(17)12-3-5(15)4(14)2(1-13)18-6(3)16/h2-6,13-16H,1H2,(H,12,17)/t2?,3?,4-,5+,6?/m0/s1. The largest absolute Gasteiger partial charge is 0.471 e. The second-order valence-electron chi connectivity index (χ2n) is 3.73. The fraction of sp³-hybridized carbons (Fsp3) is 0.875. The second kappa shape index (κ2) is 5.36. The minimum Gasteiger partial charge on any atom is -0.394 e. The molecule has 0 radical (unpaired) electrons. The summed E-state index contributed by atoms with van der Waals surface area (Å²) in [4.78, 5) is 10.6. The van der Waals surface area contributed by atoms with Crippen molar-refractivity contribution in [1.29, 1.82) is 0 Å². The van der Waals surface area contributed by atoms with Crippen LogP contribution < -0.4 is 5.32 Å². The van der Waals surface area contributed by atoms with Crippen molar-refractivity contribution in [2.45, 2.75) is 36.8 Å². The number of carbonyl (C=O) groups excluding carboxylic acids is 1. The van der Waals surface area contributed by atoms with E-state index in [4.69, 9.17) is 5.11 Å². The molecular weight excluding hydrogens is 263 g/mol. The van der Waals surface area contributed by atoms with Crippen molar-refractivity contribution in [3.8, 4) is 0 Å². The van der Waals surface area contributed by atoms with E-state index in [1.807, 2.05) is 0 Å². The lowest BCUT2D eigenvalue weighted by atomic mass is 9.97. The monoisotopic (exact) mass is 275 g/mol. The first-order chi connectivity index (χ1) is 8.18. The van der Waals surface area contributed by atoms with Gasteiger partial charge in [-0.2, -0.15) is 13.2 Å². The first-order valence-corrected chi connectivity index (χ1v) is 4.86. The summed E-state index contributed by atoms with van der Waals surface area (Å²) in [5, 5.41) is 38.1. The van der Waals surface area contributed by atoms with E-state index in [1.54, 1.807) is 0 Å². The van der Waals surface area contributed by atoms with Crippen LogP contribution in [0.3, 0.4) is 0 Å². The van der Waals surface area contributed by atoms with Crippen LogP contribution in [0.4, 0.5) is 13.2 Å². The third kappa shape index (κ3) is 3.09. The molecule has 5 atom stereocenters. The van der Waals surface area contributed by atoms with E-state index in [2.05, 4.69) is 4.74 Å². The summed E-state index contributed by atoms with van der Waals surface area (Å²) in [7, 11) is 0. The van der Waals surface area contributed by atoms with Gasteiger partial charge in [0, 0.05) is 0 Å². The number of nitrogens with one attached hydrogen (secondary N) is 1. The molecule has 0 bridgehead atoms. The zero-order chi connectivity index (χ0) is 14.1. The van der Waals surface area contributed by atoms with Crippen LogP contribution in [0.1, 0.15) is 0 Å². The number of rotatable bonds is 2. The van der Waals surface area contributed by atoms with Crippen LogP contribution in [0.5, 0.6) is 0 Å². The Labute approximate surface area is 98.8 Å². The molecule has 7 nitrogen and oxygen atoms in total. The Kier molecular flexibility index (Phi) is 4.50. The fourth-order valence-electron chi connectivity index (χ4n) is 1.49. The van der Waals surface area contributed by atoms with E-state index in [-0.39, 0.29) is 0 Å². The van der Waals surface area contributed by atoms with E-state index < -0.39 is 49.3 Å². The molecule has 1 rings (SSSR count). The van der Waals surface area contributed by atoms with Crippen molar-refractivity contribution < 1.29 is 43.1 Å². The van der Waals surface area contributed by atoms with Crippen molar-refractivity contribution in [1.82, 2.24) is 5.32 Å². The molecule has 0 aromatic rings. The van der Waals surface area contributed by atoms with Gasteiger partial charge in [0.05, 0.1) is 6.61 Å². The van der Waals surface area contributed by atoms with Crippen LogP contribution in [0.2, 0.25) is 0 Å². The third-order valence-electron chi connectivity index (χ3n) is 2.46. The Bertz CT molecular complexity index is 312. The predicted molar refractivity (Wildman–Crippen MR) is 48.0 cm³/mol. The molecule has 0 saturated carbocycles. The molecule has 0 aliphatic carbocycles. The number of hydrogen-bond acceptors (Lipinski definition) is 6. The van der Waals surface area contributed by atoms with Gasteiger partial charge in [-0.05, 0) is 0 Å². The Morgan fingerprint density at radius 1 is 1.22 bits per heavy atom. The number of alkyl halides is 3. The molecule has 1 saturated heterocycles. The summed E-state index contributed by atoms with van der Waals surface area (Å²) in [6, 6.07) is -1.85. The topological polar surface area (TPSA) is 119 Å². The van der Waals surface area contributed by atoms with Gasteiger partial charge in [0.2, 0.25) is 0 Å². The van der Waals surface area contributed by atoms with Crippen molar-refractivity contribution in [2.24, 2.45) is 0 Å². The number of amides is 1. The molecule has 5 N–H and O–H groups in total. The van der Waals surface area contributed by atoms with Crippen LogP contribution >= 0.6 is 0 Å². The van der Waals surface area contributed by atoms with Crippen molar-refractivity contribution >= 4 is 5.91 Å². The highest BCUT2D eigenvalue weighted by molar-refractivity contribution is 5.82. The molecule has 1 aliphatic heterocycles. The van der Waals surface area contributed by atoms with Gasteiger partial charge in [-0.25, -0.2) is 0 Å². The maximum absolute atomic E-state index is 12.0. The SMILES string of the molecule is O=C(NC1C(O)OC(CO)[C@H](O)[C@@H]1O)C(F)(F)F. The molecule has 1 heterocycles. The minimum absolute atomic E-state index is 0.755. The highest BCUT2D eigenvalue weighted by atomic mass is 19.4. The highest BCUT2D eigenvalue weighted by Gasteiger charge is 2.48. The molecular formula is C8H12F3NO6. The summed E-state index contributed by atoms with van der Waals surface area (Å²) in [5.41, 5.74) is 0. The van der Waals surface area contributed by atoms with E-state index in [1.165, 1.54) is 5.32 Å². The van der Waals surface area contributed by atoms with Gasteiger partial charge in [-0.15, -0.1) is 0 Å². The van der Waals surface area contributed by atoms with Crippen LogP contribution in [-0.2, 0) is 9.53 Å². The van der Waals surface area contributed by atoms with Crippen molar-refractivity contribution in [3.63, 3.8) is 0 Å². The maximum Gasteiger partial charge on any atom is 0.471 e. The van der Waals surface area contributed by atoms with Gasteiger partial charge >= 0.3 is 12.1 Å². The number of halogens is 3. The summed E-state index contributed by atoms with van der Waals surface area (Å²) in [5.74, 6) is -2.39. The summed E-state index contributed by atoms with van der Waals surface area (Å²) < 4.78 is 40.5. The number of ether oxygens (including phenoxy) is 1. The maximum atomic E-state index is 12.0. The summed E-state index contributed by atoms with van der Waals surface area (Å²) >= 11 is 0. The zero-order valence-corrected chi connectivity index (χ0v) is 8.83. The molecule has 0 aromatic carbocycles. The quantitative estimate of drug-likeness (QED) is 0.379. The highest BCUT2D eigenvalue weighted by Crippen LogP contribution is 2.21. The molecule has 10 heteroatoms. The first-order valence-electron chi connectivity index (χ1n) is 4.86. The lowest BCUT2D eigenvalue weighted by Gasteiger charge is -2.40. The predicted octanol–water partition coefficient (Wildman–Crippen LogP) is -2.54. The summed E-state index contributed by atoms with van der Waals surface area (Å²) in [6.07, 6.45) is -12.2. The Balaban J connectivity index is 2.74. The Hall–Kier alpha value is -0.940. The number of hydrogen-bond donors (Lipinski definition) is 5. The van der Waals surface area contributed by atoms with Crippen LogP contribution in [0.15, 0.2) is 0 Å². The molecule has 0 aromatic heterocycles. The van der Waals surface area contributed by atoms with E-state index >= 15 is 0 Å². The molecule has 3 unspecified atom stereocenters. The Morgan fingerprint density at radius 3 is 2.22 bits per heavy atom. The van der Waals surface area contributed by atoms with Crippen LogP contribution in [0.25, 0.3) is 0 Å². The van der Waals surface area contributed by atoms with Crippen LogP contribution in [0, 0.1) is 0 Å². The van der Waals surface area contributed by atoms with Gasteiger partial charge < -0.3 is 30.5 Å². The number of aliphatic hydroxyl groups excluding tert-OH is 4. The van der Waals surface area contributed by atoms with Gasteiger partial charge in [0.25, 0.3) is 0 Å². The van der Waals surface area contributed by atoms with Crippen LogP contribution in [-0.4, -0.2) is 69.8 Å². The molecule has 1 aliphatic rings. The van der Waals surface area contributed by atoms with Gasteiger partial charge in [0.1, 0.15) is 24.4 Å². The normalized spacial score (nSPS) is 37.4. The lowest BCUT2D eigenvalue weighted by Crippen LogP contribution is -2.65. The van der Waals surface area contributed by atoms with Crippen molar-refractivity contribution in [2.75, 3.05) is 6.61 Å². The molecule has 1 amide bonds. The van der Waals surface area contributed by atoms with E-state index in [0.717, 1.165) is 0 Å². The van der Waals surface area contributed by atoms with Crippen molar-refractivity contribution in [3.05, 3.63) is 0 Å². The molecule has 106 valence electrons. The number of aliphatic hydroxyl groups is 4. The second-order valence-corrected chi connectivity index (χ2v) is 3.73. The molecule has 0 spiro atoms. The fourth-order valence-corrected chi connectivity index (χ4v) is 1.49. The average molecular weight is 275 g/mol. The van der Waals surface area contributed by atoms with E-state index in [9.17, 15) is 33.3 Å². The lowest BCUT2D eigenvalue weighted by molar-refractivity contribution is -0.256. The van der Waals surface area contributed by atoms with Gasteiger partial charge in [-0.1, -0.05) is 0 Å². The summed E-state index contributed by atoms with van der Waals surface area (Å²) in [6.45, 7) is -0.755. The smallest absolute Gasteiger partial charge is 0.394 e. The number of carbonyl (C=O) groups is 1. The average Bonchev–Trinajstić information content (AvgIpc) is 2.27. The van der Waals surface area contributed by atoms with Gasteiger partial charge in [0.15, 0.2) is 6.29 Å². The molecule has 18 heavy (non-hydrogen) atoms. The molecule has 1 fully saturated rings. The zero-order valence-electron chi connectivity index (χ0n) is 8.83. The minimum atomic E-state index is -5.20. The third-order valence-corrected chi connectivity index (χ3v) is 2.46. The van der Waals surface area contributed by atoms with E-state index in [0.29, 0.717) is 0 Å². The van der Waals surface area contributed by atoms with Gasteiger partial charge in [-0.3, -0.25) is 4.79 Å².